The van der Waals surface area contributed by atoms with Crippen LogP contribution in [-0.2, 0) is 28.7 Å². The Bertz CT molecular complexity index is 280. The van der Waals surface area contributed by atoms with Crippen LogP contribution in [0.25, 0.3) is 0 Å². The first-order chi connectivity index (χ1) is 7.16. The summed E-state index contributed by atoms with van der Waals surface area (Å²) in [4.78, 5) is 26.8. The summed E-state index contributed by atoms with van der Waals surface area (Å²) in [5.74, 6) is -1.45. The zero-order valence-electron chi connectivity index (χ0n) is 8.77. The van der Waals surface area contributed by atoms with Gasteiger partial charge in [-0.25, -0.2) is 0 Å². The van der Waals surface area contributed by atoms with Crippen LogP contribution >= 0.6 is 7.60 Å². The first-order valence-electron chi connectivity index (χ1n) is 4.38. The monoisotopic (exact) mass is 435 g/mol. The summed E-state index contributed by atoms with van der Waals surface area (Å²) in [5.41, 5.74) is 8.80. The standard InChI is InChI=1S/C4H9O5P.C3H8N2.Pt/c1-2-3(4(5)6)10(7,8)9;4-2-1-3-5;/h3H,2H2,1H3,(H,5,6)(H2,7,8,9);1-2,4-5H2;. The van der Waals surface area contributed by atoms with Crippen molar-refractivity contribution < 1.29 is 43.6 Å². The van der Waals surface area contributed by atoms with Gasteiger partial charge >= 0.3 is 61.4 Å². The molecular weight excluding hydrogens is 418 g/mol. The van der Waals surface area contributed by atoms with E-state index in [4.69, 9.17) is 26.4 Å². The van der Waals surface area contributed by atoms with Crippen LogP contribution in [0.4, 0.5) is 0 Å². The summed E-state index contributed by atoms with van der Waals surface area (Å²) in [6, 6.07) is 0. The molecule has 0 saturated heterocycles. The zero-order valence-corrected chi connectivity index (χ0v) is 11.9. The van der Waals surface area contributed by atoms with Gasteiger partial charge in [-0.1, -0.05) is 6.92 Å². The van der Waals surface area contributed by atoms with Crippen molar-refractivity contribution in [1.82, 2.24) is 0 Å². The van der Waals surface area contributed by atoms with Gasteiger partial charge in [0.25, 0.3) is 0 Å². The number of hydrogen-bond acceptors (Lipinski definition) is 4. The average Bonchev–Trinajstić information content (AvgIpc) is 2.01. The molecule has 7 nitrogen and oxygen atoms in total. The normalized spacial score (nSPS) is 12.4. The van der Waals surface area contributed by atoms with Gasteiger partial charge in [0, 0.05) is 0 Å². The number of carboxylic acid groups (broad SMARTS) is 1. The van der Waals surface area contributed by atoms with E-state index < -0.39 is 19.2 Å². The van der Waals surface area contributed by atoms with Crippen molar-refractivity contribution in [2.75, 3.05) is 6.54 Å². The van der Waals surface area contributed by atoms with E-state index in [9.17, 15) is 9.36 Å². The van der Waals surface area contributed by atoms with Crippen LogP contribution in [0.1, 0.15) is 19.8 Å². The van der Waals surface area contributed by atoms with Crippen LogP contribution < -0.4 is 11.5 Å². The summed E-state index contributed by atoms with van der Waals surface area (Å²) in [7, 11) is -4.43. The molecule has 0 aromatic carbocycles. The molecule has 0 aliphatic carbocycles. The molecule has 0 bridgehead atoms. The molecule has 0 aliphatic rings. The molecule has 9 heteroatoms. The third-order valence-electron chi connectivity index (χ3n) is 1.45. The van der Waals surface area contributed by atoms with E-state index in [2.05, 4.69) is 0 Å². The molecular formula is C7H17N2O5PPt. The van der Waals surface area contributed by atoms with Gasteiger partial charge in [0.1, 0.15) is 0 Å². The molecule has 1 unspecified atom stereocenters. The number of aliphatic carboxylic acids is 1. The van der Waals surface area contributed by atoms with Gasteiger partial charge in [0.05, 0.1) is 0 Å². The summed E-state index contributed by atoms with van der Waals surface area (Å²) in [5, 5.41) is 8.22. The van der Waals surface area contributed by atoms with E-state index in [0.29, 0.717) is 6.54 Å². The van der Waals surface area contributed by atoms with Gasteiger partial charge in [-0.3, -0.25) is 9.36 Å². The predicted octanol–water partition coefficient (Wildman–Crippen LogP) is -1.00. The van der Waals surface area contributed by atoms with Gasteiger partial charge < -0.3 is 14.9 Å². The molecule has 0 fully saturated rings. The number of rotatable bonds is 5. The molecule has 0 aliphatic heterocycles. The van der Waals surface area contributed by atoms with Crippen LogP contribution in [0.3, 0.4) is 0 Å². The Morgan fingerprint density at radius 1 is 1.50 bits per heavy atom. The first-order valence-corrected chi connectivity index (χ1v) is 7.20. The molecule has 0 rings (SSSR count). The van der Waals surface area contributed by atoms with Crippen molar-refractivity contribution in [2.45, 2.75) is 25.4 Å². The van der Waals surface area contributed by atoms with E-state index in [0.717, 1.165) is 10.4 Å². The molecule has 7 N–H and O–H groups in total. The number of carbonyl (C=O) groups is 1. The molecule has 100 valence electrons. The van der Waals surface area contributed by atoms with Crippen LogP contribution in [-0.4, -0.2) is 37.1 Å². The second-order valence-corrected chi connectivity index (χ2v) is 6.06. The van der Waals surface area contributed by atoms with E-state index in [1.807, 2.05) is 19.4 Å². The molecule has 0 saturated carbocycles. The van der Waals surface area contributed by atoms with Crippen molar-refractivity contribution in [3.05, 3.63) is 0 Å². The Morgan fingerprint density at radius 2 is 1.94 bits per heavy atom. The minimum absolute atomic E-state index is 0.0559. The molecule has 0 heterocycles. The molecule has 0 amide bonds. The Balaban J connectivity index is 0. The van der Waals surface area contributed by atoms with Crippen molar-refractivity contribution >= 4 is 17.6 Å². The van der Waals surface area contributed by atoms with Gasteiger partial charge in [-0.05, 0) is 6.42 Å². The van der Waals surface area contributed by atoms with E-state index >= 15 is 0 Å². The van der Waals surface area contributed by atoms with E-state index in [1.54, 1.807) is 0 Å². The van der Waals surface area contributed by atoms with Crippen molar-refractivity contribution in [1.29, 1.82) is 0 Å². The topological polar surface area (TPSA) is 147 Å². The third kappa shape index (κ3) is 10.6. The summed E-state index contributed by atoms with van der Waals surface area (Å²) >= 11 is 2.04. The maximum atomic E-state index is 10.3. The Labute approximate surface area is 105 Å². The summed E-state index contributed by atoms with van der Waals surface area (Å²) in [6.45, 7) is 2.08. The van der Waals surface area contributed by atoms with E-state index in [-0.39, 0.29) is 6.42 Å². The zero-order chi connectivity index (χ0) is 13.4. The molecule has 0 aromatic rings. The van der Waals surface area contributed by atoms with Crippen LogP contribution in [0.2, 0.25) is 0 Å². The first kappa shape index (κ1) is 18.5. The summed E-state index contributed by atoms with van der Waals surface area (Å²) in [6.07, 6.45) is 0.779. The Morgan fingerprint density at radius 3 is 1.94 bits per heavy atom. The second kappa shape index (κ2) is 9.16. The number of carboxylic acids is 1. The van der Waals surface area contributed by atoms with Crippen molar-refractivity contribution in [3.8, 4) is 0 Å². The number of nitrogens with two attached hydrogens (primary N) is 2. The minimum atomic E-state index is -4.43. The Hall–Kier alpha value is 0.0983. The predicted molar refractivity (Wildman–Crippen MR) is 56.6 cm³/mol. The van der Waals surface area contributed by atoms with Gasteiger partial charge in [0.2, 0.25) is 0 Å². The van der Waals surface area contributed by atoms with Crippen LogP contribution in [0.15, 0.2) is 0 Å². The van der Waals surface area contributed by atoms with Crippen LogP contribution in [0, 0.1) is 0 Å². The molecule has 0 aromatic heterocycles. The van der Waals surface area contributed by atoms with Gasteiger partial charge in [-0.2, -0.15) is 0 Å². The second-order valence-electron chi connectivity index (χ2n) is 2.80. The fraction of sp³-hybridized carbons (Fsp3) is 0.714. The van der Waals surface area contributed by atoms with Crippen molar-refractivity contribution in [2.24, 2.45) is 11.5 Å². The van der Waals surface area contributed by atoms with Gasteiger partial charge in [-0.15, -0.1) is 0 Å². The fourth-order valence-electron chi connectivity index (χ4n) is 0.685. The average molecular weight is 435 g/mol. The van der Waals surface area contributed by atoms with Gasteiger partial charge in [0.15, 0.2) is 5.66 Å². The summed E-state index contributed by atoms with van der Waals surface area (Å²) < 4.78 is 11.2. The third-order valence-corrected chi connectivity index (χ3v) is 3.41. The number of hydrogen-bond donors (Lipinski definition) is 5. The Kier molecular flexibility index (Phi) is 10.6. The quantitative estimate of drug-likeness (QED) is 0.348. The fourth-order valence-corrected chi connectivity index (χ4v) is 1.78. The maximum absolute atomic E-state index is 10.3. The van der Waals surface area contributed by atoms with Crippen molar-refractivity contribution in [3.63, 3.8) is 0 Å². The molecule has 16 heavy (non-hydrogen) atoms. The van der Waals surface area contributed by atoms with Crippen LogP contribution in [0.5, 0.6) is 0 Å². The molecule has 1 atom stereocenters. The molecule has 0 spiro atoms. The molecule has 0 radical (unpaired) electrons. The van der Waals surface area contributed by atoms with E-state index in [1.165, 1.54) is 6.92 Å². The SMILES string of the molecule is CCC(C(=O)O)P(=O)(O)O.NCC[C](N)=[Pt].